The van der Waals surface area contributed by atoms with E-state index < -0.39 is 15.8 Å². The van der Waals surface area contributed by atoms with Crippen molar-refractivity contribution in [2.75, 3.05) is 5.73 Å². The van der Waals surface area contributed by atoms with Gasteiger partial charge in [-0.05, 0) is 30.9 Å². The molecule has 1 aromatic carbocycles. The highest BCUT2D eigenvalue weighted by atomic mass is 35.5. The molecule has 1 aliphatic carbocycles. The third kappa shape index (κ3) is 3.42. The molecule has 3 N–H and O–H groups in total. The van der Waals surface area contributed by atoms with Gasteiger partial charge in [-0.25, -0.2) is 17.5 Å². The van der Waals surface area contributed by atoms with Crippen LogP contribution < -0.4 is 10.5 Å². The normalized spacial score (nSPS) is 23.8. The summed E-state index contributed by atoms with van der Waals surface area (Å²) in [7, 11) is -3.78. The van der Waals surface area contributed by atoms with Gasteiger partial charge in [0.25, 0.3) is 0 Å². The highest BCUT2D eigenvalue weighted by Crippen LogP contribution is 2.29. The van der Waals surface area contributed by atoms with Crippen LogP contribution in [0.3, 0.4) is 0 Å². The smallest absolute Gasteiger partial charge is 0.242 e. The van der Waals surface area contributed by atoms with Crippen molar-refractivity contribution >= 4 is 27.3 Å². The molecule has 0 aromatic heterocycles. The maximum Gasteiger partial charge on any atom is 0.242 e. The van der Waals surface area contributed by atoms with Gasteiger partial charge in [-0.15, -0.1) is 0 Å². The average molecular weight is 321 g/mol. The van der Waals surface area contributed by atoms with E-state index in [1.807, 2.05) is 0 Å². The molecule has 0 spiro atoms. The van der Waals surface area contributed by atoms with Crippen molar-refractivity contribution in [3.8, 4) is 0 Å². The molecule has 0 bridgehead atoms. The van der Waals surface area contributed by atoms with Crippen LogP contribution >= 0.6 is 11.6 Å². The lowest BCUT2D eigenvalue weighted by Gasteiger charge is -2.27. The van der Waals surface area contributed by atoms with Gasteiger partial charge in [0.05, 0.1) is 10.7 Å². The second kappa shape index (κ2) is 5.87. The number of rotatable bonds is 3. The van der Waals surface area contributed by atoms with E-state index in [4.69, 9.17) is 17.3 Å². The van der Waals surface area contributed by atoms with Gasteiger partial charge in [0.2, 0.25) is 10.0 Å². The molecular formula is C13H18ClFN2O2S. The van der Waals surface area contributed by atoms with Gasteiger partial charge in [0.15, 0.2) is 0 Å². The summed E-state index contributed by atoms with van der Waals surface area (Å²) in [5.41, 5.74) is 5.19. The topological polar surface area (TPSA) is 72.2 Å². The Balaban J connectivity index is 2.24. The van der Waals surface area contributed by atoms with E-state index in [0.717, 1.165) is 37.8 Å². The van der Waals surface area contributed by atoms with Crippen molar-refractivity contribution in [3.05, 3.63) is 23.0 Å². The fraction of sp³-hybridized carbons (Fsp3) is 0.538. The third-order valence-electron chi connectivity index (χ3n) is 3.60. The van der Waals surface area contributed by atoms with Crippen molar-refractivity contribution in [2.24, 2.45) is 5.92 Å². The first kappa shape index (κ1) is 15.5. The minimum atomic E-state index is -3.78. The van der Waals surface area contributed by atoms with E-state index in [1.165, 1.54) is 0 Å². The van der Waals surface area contributed by atoms with Gasteiger partial charge in [0, 0.05) is 6.04 Å². The molecule has 2 atom stereocenters. The largest absolute Gasteiger partial charge is 0.396 e. The Hall–Kier alpha value is -0.850. The molecule has 2 unspecified atom stereocenters. The maximum atomic E-state index is 13.2. The summed E-state index contributed by atoms with van der Waals surface area (Å²) in [6.07, 6.45) is 3.71. The second-order valence-electron chi connectivity index (χ2n) is 5.39. The van der Waals surface area contributed by atoms with Crippen molar-refractivity contribution in [2.45, 2.75) is 43.5 Å². The van der Waals surface area contributed by atoms with E-state index in [0.29, 0.717) is 5.92 Å². The summed E-state index contributed by atoms with van der Waals surface area (Å²) < 4.78 is 40.5. The Morgan fingerprint density at radius 3 is 2.75 bits per heavy atom. The fourth-order valence-corrected chi connectivity index (χ4v) is 4.41. The Morgan fingerprint density at radius 2 is 2.10 bits per heavy atom. The Kier molecular flexibility index (Phi) is 4.56. The van der Waals surface area contributed by atoms with Crippen molar-refractivity contribution in [1.29, 1.82) is 0 Å². The lowest BCUT2D eigenvalue weighted by atomic mass is 9.88. The number of halogens is 2. The van der Waals surface area contributed by atoms with Gasteiger partial charge in [-0.1, -0.05) is 31.4 Å². The Morgan fingerprint density at radius 1 is 1.40 bits per heavy atom. The molecule has 0 aliphatic heterocycles. The first-order valence-electron chi connectivity index (χ1n) is 6.56. The lowest BCUT2D eigenvalue weighted by molar-refractivity contribution is 0.327. The highest BCUT2D eigenvalue weighted by Gasteiger charge is 2.26. The van der Waals surface area contributed by atoms with Crippen LogP contribution in [-0.4, -0.2) is 14.5 Å². The van der Waals surface area contributed by atoms with E-state index in [1.54, 1.807) is 0 Å². The molecule has 1 fully saturated rings. The van der Waals surface area contributed by atoms with Crippen LogP contribution in [0.5, 0.6) is 0 Å². The number of anilines is 1. The van der Waals surface area contributed by atoms with Crippen LogP contribution in [0.25, 0.3) is 0 Å². The number of hydrogen-bond acceptors (Lipinski definition) is 3. The number of sulfonamides is 1. The standard InChI is InChI=1S/C13H18ClFN2O2S/c1-8-3-2-4-9(5-8)17-20(18,19)13-7-12(16)11(15)6-10(13)14/h6-9,17H,2-5,16H2,1H3. The number of benzene rings is 1. The number of hydrogen-bond donors (Lipinski definition) is 2. The highest BCUT2D eigenvalue weighted by molar-refractivity contribution is 7.89. The van der Waals surface area contributed by atoms with Gasteiger partial charge < -0.3 is 5.73 Å². The summed E-state index contributed by atoms with van der Waals surface area (Å²) >= 11 is 5.82. The van der Waals surface area contributed by atoms with Crippen LogP contribution in [0.15, 0.2) is 17.0 Å². The van der Waals surface area contributed by atoms with E-state index in [-0.39, 0.29) is 21.6 Å². The molecule has 112 valence electrons. The SMILES string of the molecule is CC1CCCC(NS(=O)(=O)c2cc(N)c(F)cc2Cl)C1. The molecule has 0 saturated heterocycles. The van der Waals surface area contributed by atoms with Gasteiger partial charge in [-0.2, -0.15) is 0 Å². The first-order valence-corrected chi connectivity index (χ1v) is 8.42. The van der Waals surface area contributed by atoms with Crippen molar-refractivity contribution in [1.82, 2.24) is 4.72 Å². The van der Waals surface area contributed by atoms with Gasteiger partial charge in [-0.3, -0.25) is 0 Å². The summed E-state index contributed by atoms with van der Waals surface area (Å²) in [5.74, 6) is -0.231. The molecule has 4 nitrogen and oxygen atoms in total. The average Bonchev–Trinajstić information content (AvgIpc) is 2.33. The molecular weight excluding hydrogens is 303 g/mol. The summed E-state index contributed by atoms with van der Waals surface area (Å²) in [6, 6.07) is 1.88. The third-order valence-corrected chi connectivity index (χ3v) is 5.58. The molecule has 1 aliphatic rings. The van der Waals surface area contributed by atoms with Crippen molar-refractivity contribution in [3.63, 3.8) is 0 Å². The predicted octanol–water partition coefficient (Wildman–Crippen LogP) is 2.92. The van der Waals surface area contributed by atoms with Gasteiger partial charge >= 0.3 is 0 Å². The summed E-state index contributed by atoms with van der Waals surface area (Å²) in [6.45, 7) is 2.10. The predicted molar refractivity (Wildman–Crippen MR) is 77.6 cm³/mol. The molecule has 2 rings (SSSR count). The quantitative estimate of drug-likeness (QED) is 0.841. The summed E-state index contributed by atoms with van der Waals surface area (Å²) in [5, 5.41) is -0.159. The molecule has 7 heteroatoms. The molecule has 20 heavy (non-hydrogen) atoms. The zero-order valence-corrected chi connectivity index (χ0v) is 12.8. The minimum Gasteiger partial charge on any atom is -0.396 e. The van der Waals surface area contributed by atoms with E-state index in [9.17, 15) is 12.8 Å². The Labute approximate surface area is 123 Å². The summed E-state index contributed by atoms with van der Waals surface area (Å²) in [4.78, 5) is -0.170. The Bertz CT molecular complexity index is 607. The first-order chi connectivity index (χ1) is 9.29. The molecule has 1 aromatic rings. The monoisotopic (exact) mass is 320 g/mol. The van der Waals surface area contributed by atoms with Crippen molar-refractivity contribution < 1.29 is 12.8 Å². The molecule has 0 radical (unpaired) electrons. The zero-order valence-electron chi connectivity index (χ0n) is 11.2. The number of nitrogen functional groups attached to an aromatic ring is 1. The molecule has 0 amide bonds. The maximum absolute atomic E-state index is 13.2. The fourth-order valence-electron chi connectivity index (χ4n) is 2.57. The van der Waals surface area contributed by atoms with Crippen LogP contribution in [0.2, 0.25) is 5.02 Å². The number of nitrogens with one attached hydrogen (secondary N) is 1. The molecule has 1 saturated carbocycles. The number of nitrogens with two attached hydrogens (primary N) is 1. The zero-order chi connectivity index (χ0) is 14.9. The molecule has 0 heterocycles. The minimum absolute atomic E-state index is 0.105. The second-order valence-corrected chi connectivity index (χ2v) is 7.48. The van der Waals surface area contributed by atoms with Crippen LogP contribution in [0, 0.1) is 11.7 Å². The van der Waals surface area contributed by atoms with E-state index >= 15 is 0 Å². The van der Waals surface area contributed by atoms with Crippen LogP contribution in [0.1, 0.15) is 32.6 Å². The van der Waals surface area contributed by atoms with E-state index in [2.05, 4.69) is 11.6 Å². The van der Waals surface area contributed by atoms with Crippen LogP contribution in [0.4, 0.5) is 10.1 Å². The van der Waals surface area contributed by atoms with Crippen LogP contribution in [-0.2, 0) is 10.0 Å². The van der Waals surface area contributed by atoms with Gasteiger partial charge in [0.1, 0.15) is 10.7 Å². The lowest BCUT2D eigenvalue weighted by Crippen LogP contribution is -2.38.